The second-order valence-corrected chi connectivity index (χ2v) is 8.22. The third kappa shape index (κ3) is 3.35. The predicted molar refractivity (Wildman–Crippen MR) is 126 cm³/mol. The van der Waals surface area contributed by atoms with Gasteiger partial charge in [-0.05, 0) is 73.0 Å². The fourth-order valence-electron chi connectivity index (χ4n) is 4.52. The van der Waals surface area contributed by atoms with Gasteiger partial charge >= 0.3 is 5.97 Å². The fraction of sp³-hybridized carbons (Fsp3) is 0.192. The van der Waals surface area contributed by atoms with Crippen molar-refractivity contribution < 1.29 is 24.1 Å². The highest BCUT2D eigenvalue weighted by atomic mass is 16.7. The molecule has 0 fully saturated rings. The van der Waals surface area contributed by atoms with Crippen molar-refractivity contribution >= 4 is 28.5 Å². The molecule has 0 radical (unpaired) electrons. The van der Waals surface area contributed by atoms with Crippen LogP contribution in [0.2, 0.25) is 0 Å². The van der Waals surface area contributed by atoms with Crippen LogP contribution in [0.25, 0.3) is 22.3 Å². The van der Waals surface area contributed by atoms with Crippen molar-refractivity contribution in [1.29, 1.82) is 0 Å². The minimum absolute atomic E-state index is 0.173. The highest BCUT2D eigenvalue weighted by molar-refractivity contribution is 5.94. The van der Waals surface area contributed by atoms with E-state index in [0.717, 1.165) is 36.4 Å². The van der Waals surface area contributed by atoms with Crippen molar-refractivity contribution in [2.75, 3.05) is 25.3 Å². The number of ether oxygens (including phenoxy) is 3. The zero-order valence-electron chi connectivity index (χ0n) is 18.4. The highest BCUT2D eigenvalue weighted by Crippen LogP contribution is 2.42. The quantitative estimate of drug-likeness (QED) is 0.468. The average Bonchev–Trinajstić information content (AvgIpc) is 3.35. The summed E-state index contributed by atoms with van der Waals surface area (Å²) in [6, 6.07) is 16.6. The van der Waals surface area contributed by atoms with Crippen LogP contribution in [-0.4, -0.2) is 41.5 Å². The molecular weight excluding hydrogens is 434 g/mol. The highest BCUT2D eigenvalue weighted by Gasteiger charge is 2.25. The Hall–Kier alpha value is -4.33. The molecular formula is C26H21N3O5. The summed E-state index contributed by atoms with van der Waals surface area (Å²) in [5.74, 6) is 1.84. The van der Waals surface area contributed by atoms with Gasteiger partial charge in [-0.1, -0.05) is 0 Å². The summed E-state index contributed by atoms with van der Waals surface area (Å²) in [6.07, 6.45) is 1.88. The molecule has 0 saturated carbocycles. The molecule has 2 aliphatic rings. The van der Waals surface area contributed by atoms with Gasteiger partial charge in [0.2, 0.25) is 6.79 Å². The van der Waals surface area contributed by atoms with Gasteiger partial charge in [-0.3, -0.25) is 0 Å². The van der Waals surface area contributed by atoms with Gasteiger partial charge in [0.1, 0.15) is 11.4 Å². The van der Waals surface area contributed by atoms with Crippen LogP contribution < -0.4 is 19.1 Å². The van der Waals surface area contributed by atoms with E-state index in [4.69, 9.17) is 24.2 Å². The molecule has 1 aromatic heterocycles. The standard InChI is InChI=1S/C26H21N3O5/c1-32-18-6-8-21-15(11-18)3-2-10-29(21)25-24(16-5-9-22-23(13-16)34-14-33-22)27-19-7-4-17(26(30)31)12-20(19)28-25/h4-9,11-13H,2-3,10,14H2,1H3,(H,30,31). The summed E-state index contributed by atoms with van der Waals surface area (Å²) < 4.78 is 16.5. The Morgan fingerprint density at radius 1 is 1.00 bits per heavy atom. The minimum atomic E-state index is -1.000. The predicted octanol–water partition coefficient (Wildman–Crippen LogP) is 4.82. The molecule has 0 spiro atoms. The van der Waals surface area contributed by atoms with Crippen LogP contribution in [0.1, 0.15) is 22.3 Å². The van der Waals surface area contributed by atoms with E-state index >= 15 is 0 Å². The molecule has 0 bridgehead atoms. The van der Waals surface area contributed by atoms with Crippen LogP contribution >= 0.6 is 0 Å². The number of carboxylic acids is 1. The first-order valence-corrected chi connectivity index (χ1v) is 11.0. The maximum Gasteiger partial charge on any atom is 0.335 e. The number of nitrogens with zero attached hydrogens (tertiary/aromatic N) is 3. The Kier molecular flexibility index (Phi) is 4.72. The molecule has 0 aliphatic carbocycles. The first-order chi connectivity index (χ1) is 16.6. The second kappa shape index (κ2) is 7.91. The van der Waals surface area contributed by atoms with Crippen LogP contribution in [-0.2, 0) is 6.42 Å². The molecule has 4 aromatic rings. The van der Waals surface area contributed by atoms with Crippen LogP contribution in [0.5, 0.6) is 17.2 Å². The average molecular weight is 455 g/mol. The number of carboxylic acid groups (broad SMARTS) is 1. The summed E-state index contributed by atoms with van der Waals surface area (Å²) in [7, 11) is 1.66. The van der Waals surface area contributed by atoms with Crippen LogP contribution in [0.3, 0.4) is 0 Å². The van der Waals surface area contributed by atoms with Crippen LogP contribution in [0.15, 0.2) is 54.6 Å². The van der Waals surface area contributed by atoms with Gasteiger partial charge in [-0.25, -0.2) is 14.8 Å². The third-order valence-electron chi connectivity index (χ3n) is 6.20. The minimum Gasteiger partial charge on any atom is -0.497 e. The number of hydrogen-bond donors (Lipinski definition) is 1. The molecule has 3 heterocycles. The number of benzene rings is 3. The molecule has 34 heavy (non-hydrogen) atoms. The van der Waals surface area contributed by atoms with E-state index < -0.39 is 5.97 Å². The van der Waals surface area contributed by atoms with Gasteiger partial charge in [-0.2, -0.15) is 0 Å². The third-order valence-corrected chi connectivity index (χ3v) is 6.20. The van der Waals surface area contributed by atoms with Gasteiger partial charge in [0.15, 0.2) is 17.3 Å². The van der Waals surface area contributed by atoms with E-state index in [9.17, 15) is 9.90 Å². The lowest BCUT2D eigenvalue weighted by Crippen LogP contribution is -2.26. The summed E-state index contributed by atoms with van der Waals surface area (Å²) in [4.78, 5) is 23.6. The number of anilines is 2. The lowest BCUT2D eigenvalue weighted by Gasteiger charge is -2.32. The van der Waals surface area contributed by atoms with E-state index in [-0.39, 0.29) is 12.4 Å². The summed E-state index contributed by atoms with van der Waals surface area (Å²) in [5.41, 5.74) is 5.07. The van der Waals surface area contributed by atoms with E-state index in [2.05, 4.69) is 11.0 Å². The van der Waals surface area contributed by atoms with E-state index in [1.54, 1.807) is 25.3 Å². The molecule has 0 saturated heterocycles. The Morgan fingerprint density at radius 2 is 1.88 bits per heavy atom. The normalized spacial score (nSPS) is 14.2. The summed E-state index contributed by atoms with van der Waals surface area (Å²) >= 11 is 0. The molecule has 8 heteroatoms. The lowest BCUT2D eigenvalue weighted by molar-refractivity contribution is 0.0697. The lowest BCUT2D eigenvalue weighted by atomic mass is 10.0. The summed E-state index contributed by atoms with van der Waals surface area (Å²) in [5, 5.41) is 9.47. The number of rotatable bonds is 4. The molecule has 0 unspecified atom stereocenters. The maximum absolute atomic E-state index is 11.6. The zero-order valence-corrected chi connectivity index (χ0v) is 18.4. The van der Waals surface area contributed by atoms with E-state index in [0.29, 0.717) is 34.0 Å². The van der Waals surface area contributed by atoms with Crippen molar-refractivity contribution in [2.24, 2.45) is 0 Å². The largest absolute Gasteiger partial charge is 0.497 e. The number of aryl methyl sites for hydroxylation is 1. The van der Waals surface area contributed by atoms with Crippen molar-refractivity contribution in [3.63, 3.8) is 0 Å². The first kappa shape index (κ1) is 20.3. The smallest absolute Gasteiger partial charge is 0.335 e. The molecule has 0 atom stereocenters. The SMILES string of the molecule is COc1ccc2c(c1)CCCN2c1nc2cc(C(=O)O)ccc2nc1-c1ccc2c(c1)OCO2. The molecule has 1 N–H and O–H groups in total. The van der Waals surface area contributed by atoms with E-state index in [1.807, 2.05) is 30.3 Å². The molecule has 8 nitrogen and oxygen atoms in total. The number of aromatic carboxylic acids is 1. The van der Waals surface area contributed by atoms with Gasteiger partial charge in [-0.15, -0.1) is 0 Å². The molecule has 2 aliphatic heterocycles. The number of hydrogen-bond acceptors (Lipinski definition) is 7. The van der Waals surface area contributed by atoms with Gasteiger partial charge in [0.05, 0.1) is 23.7 Å². The topological polar surface area (TPSA) is 94.0 Å². The summed E-state index contributed by atoms with van der Waals surface area (Å²) in [6.45, 7) is 0.948. The first-order valence-electron chi connectivity index (χ1n) is 11.0. The zero-order chi connectivity index (χ0) is 23.2. The van der Waals surface area contributed by atoms with E-state index in [1.165, 1.54) is 5.56 Å². The number of methoxy groups -OCH3 is 1. The monoisotopic (exact) mass is 455 g/mol. The van der Waals surface area contributed by atoms with Gasteiger partial charge in [0, 0.05) is 17.8 Å². The molecule has 3 aromatic carbocycles. The van der Waals surface area contributed by atoms with Crippen molar-refractivity contribution in [2.45, 2.75) is 12.8 Å². The number of carbonyl (C=O) groups is 1. The van der Waals surface area contributed by atoms with Gasteiger partial charge < -0.3 is 24.2 Å². The van der Waals surface area contributed by atoms with Crippen molar-refractivity contribution in [1.82, 2.24) is 9.97 Å². The Balaban J connectivity index is 1.57. The fourth-order valence-corrected chi connectivity index (χ4v) is 4.52. The van der Waals surface area contributed by atoms with Gasteiger partial charge in [0.25, 0.3) is 0 Å². The van der Waals surface area contributed by atoms with Crippen LogP contribution in [0.4, 0.5) is 11.5 Å². The Bertz CT molecular complexity index is 1450. The maximum atomic E-state index is 11.6. The molecule has 6 rings (SSSR count). The second-order valence-electron chi connectivity index (χ2n) is 8.22. The Morgan fingerprint density at radius 3 is 2.74 bits per heavy atom. The van der Waals surface area contributed by atoms with Crippen molar-refractivity contribution in [3.05, 3.63) is 65.7 Å². The molecule has 170 valence electrons. The number of fused-ring (bicyclic) bond motifs is 3. The Labute approximate surface area is 195 Å². The van der Waals surface area contributed by atoms with Crippen molar-refractivity contribution in [3.8, 4) is 28.5 Å². The molecule has 0 amide bonds. The van der Waals surface area contributed by atoms with Crippen LogP contribution in [0, 0.1) is 0 Å². The number of aromatic nitrogens is 2.